The van der Waals surface area contributed by atoms with Crippen molar-refractivity contribution >= 4 is 0 Å². The molecule has 0 atom stereocenters. The molecule has 0 unspecified atom stereocenters. The molecular formula is C17H26FN3. The van der Waals surface area contributed by atoms with E-state index in [2.05, 4.69) is 22.0 Å². The van der Waals surface area contributed by atoms with Gasteiger partial charge in [-0.1, -0.05) is 19.1 Å². The second-order valence-corrected chi connectivity index (χ2v) is 6.29. The van der Waals surface area contributed by atoms with Gasteiger partial charge in [-0.25, -0.2) is 4.39 Å². The Kier molecular flexibility index (Phi) is 4.88. The molecule has 116 valence electrons. The van der Waals surface area contributed by atoms with Crippen LogP contribution in [0.4, 0.5) is 4.39 Å². The summed E-state index contributed by atoms with van der Waals surface area (Å²) < 4.78 is 14.0. The van der Waals surface area contributed by atoms with Gasteiger partial charge in [0, 0.05) is 50.9 Å². The van der Waals surface area contributed by atoms with Crippen LogP contribution >= 0.6 is 0 Å². The molecule has 1 saturated heterocycles. The molecule has 0 amide bonds. The lowest BCUT2D eigenvalue weighted by atomic mass is 10.1. The van der Waals surface area contributed by atoms with Crippen molar-refractivity contribution in [2.75, 3.05) is 32.7 Å². The van der Waals surface area contributed by atoms with E-state index in [1.165, 1.54) is 18.4 Å². The highest BCUT2D eigenvalue weighted by Crippen LogP contribution is 2.20. The van der Waals surface area contributed by atoms with Crippen LogP contribution < -0.4 is 5.32 Å². The van der Waals surface area contributed by atoms with Crippen molar-refractivity contribution in [2.24, 2.45) is 0 Å². The number of benzene rings is 1. The molecule has 1 saturated carbocycles. The van der Waals surface area contributed by atoms with Gasteiger partial charge >= 0.3 is 0 Å². The first-order valence-corrected chi connectivity index (χ1v) is 8.20. The third-order valence-electron chi connectivity index (χ3n) is 4.59. The number of rotatable bonds is 6. The SMILES string of the molecule is CCN1CCN(Cc2cc(CNC3CC3)ccc2F)CC1. The molecule has 1 N–H and O–H groups in total. The summed E-state index contributed by atoms with van der Waals surface area (Å²) in [5, 5.41) is 3.49. The van der Waals surface area contributed by atoms with Crippen molar-refractivity contribution < 1.29 is 4.39 Å². The Hall–Kier alpha value is -0.970. The molecule has 4 heteroatoms. The van der Waals surface area contributed by atoms with Crippen LogP contribution in [0, 0.1) is 5.82 Å². The summed E-state index contributed by atoms with van der Waals surface area (Å²) in [6.07, 6.45) is 2.57. The second kappa shape index (κ2) is 6.86. The van der Waals surface area contributed by atoms with Gasteiger partial charge in [0.2, 0.25) is 0 Å². The first kappa shape index (κ1) is 14.9. The molecule has 2 fully saturated rings. The van der Waals surface area contributed by atoms with Crippen LogP contribution in [0.2, 0.25) is 0 Å². The van der Waals surface area contributed by atoms with Gasteiger partial charge in [0.1, 0.15) is 5.82 Å². The van der Waals surface area contributed by atoms with Crippen LogP contribution in [0.15, 0.2) is 18.2 Å². The highest BCUT2D eigenvalue weighted by molar-refractivity contribution is 5.25. The second-order valence-electron chi connectivity index (χ2n) is 6.29. The topological polar surface area (TPSA) is 18.5 Å². The number of piperazine rings is 1. The third kappa shape index (κ3) is 4.25. The predicted molar refractivity (Wildman–Crippen MR) is 83.7 cm³/mol. The fourth-order valence-corrected chi connectivity index (χ4v) is 2.91. The van der Waals surface area contributed by atoms with E-state index in [4.69, 9.17) is 0 Å². The molecule has 21 heavy (non-hydrogen) atoms. The van der Waals surface area contributed by atoms with Gasteiger partial charge in [0.25, 0.3) is 0 Å². The predicted octanol–water partition coefficient (Wildman–Crippen LogP) is 2.22. The molecule has 1 aliphatic heterocycles. The molecule has 0 bridgehead atoms. The molecule has 3 rings (SSSR count). The smallest absolute Gasteiger partial charge is 0.127 e. The maximum Gasteiger partial charge on any atom is 0.127 e. The fourth-order valence-electron chi connectivity index (χ4n) is 2.91. The Labute approximate surface area is 127 Å². The number of likely N-dealkylation sites (N-methyl/N-ethyl adjacent to an activating group) is 1. The van der Waals surface area contributed by atoms with Crippen LogP contribution in [0.5, 0.6) is 0 Å². The summed E-state index contributed by atoms with van der Waals surface area (Å²) in [6.45, 7) is 9.19. The van der Waals surface area contributed by atoms with Crippen LogP contribution in [0.3, 0.4) is 0 Å². The maximum atomic E-state index is 14.0. The number of nitrogens with one attached hydrogen (secondary N) is 1. The minimum atomic E-state index is -0.0666. The van der Waals surface area contributed by atoms with Crippen LogP contribution in [-0.4, -0.2) is 48.6 Å². The minimum absolute atomic E-state index is 0.0666. The van der Waals surface area contributed by atoms with Gasteiger partial charge in [-0.05, 0) is 31.0 Å². The average Bonchev–Trinajstić information content (AvgIpc) is 3.33. The molecule has 1 aromatic rings. The van der Waals surface area contributed by atoms with Crippen molar-refractivity contribution in [3.05, 3.63) is 35.1 Å². The Morgan fingerprint density at radius 3 is 2.52 bits per heavy atom. The van der Waals surface area contributed by atoms with E-state index >= 15 is 0 Å². The molecule has 1 aromatic carbocycles. The van der Waals surface area contributed by atoms with Gasteiger partial charge in [-0.15, -0.1) is 0 Å². The number of nitrogens with zero attached hydrogens (tertiary/aromatic N) is 2. The van der Waals surface area contributed by atoms with Crippen molar-refractivity contribution in [2.45, 2.75) is 38.9 Å². The monoisotopic (exact) mass is 291 g/mol. The van der Waals surface area contributed by atoms with Crippen molar-refractivity contribution in [1.82, 2.24) is 15.1 Å². The average molecular weight is 291 g/mol. The van der Waals surface area contributed by atoms with Gasteiger partial charge in [0.15, 0.2) is 0 Å². The lowest BCUT2D eigenvalue weighted by molar-refractivity contribution is 0.131. The van der Waals surface area contributed by atoms with Crippen LogP contribution in [-0.2, 0) is 13.1 Å². The zero-order valence-electron chi connectivity index (χ0n) is 12.9. The van der Waals surface area contributed by atoms with E-state index in [9.17, 15) is 4.39 Å². The number of halogens is 1. The molecule has 1 heterocycles. The van der Waals surface area contributed by atoms with Gasteiger partial charge in [-0.2, -0.15) is 0 Å². The summed E-state index contributed by atoms with van der Waals surface area (Å²) in [6, 6.07) is 6.27. The van der Waals surface area contributed by atoms with Crippen molar-refractivity contribution in [1.29, 1.82) is 0 Å². The lowest BCUT2D eigenvalue weighted by Gasteiger charge is -2.34. The number of hydrogen-bond donors (Lipinski definition) is 1. The Morgan fingerprint density at radius 2 is 1.86 bits per heavy atom. The van der Waals surface area contributed by atoms with Gasteiger partial charge < -0.3 is 10.2 Å². The molecule has 2 aliphatic rings. The Morgan fingerprint density at radius 1 is 1.14 bits per heavy atom. The van der Waals surface area contributed by atoms with Crippen molar-refractivity contribution in [3.63, 3.8) is 0 Å². The highest BCUT2D eigenvalue weighted by atomic mass is 19.1. The summed E-state index contributed by atoms with van der Waals surface area (Å²) >= 11 is 0. The normalized spacial score (nSPS) is 20.9. The van der Waals surface area contributed by atoms with E-state index in [1.807, 2.05) is 12.1 Å². The summed E-state index contributed by atoms with van der Waals surface area (Å²) in [7, 11) is 0. The largest absolute Gasteiger partial charge is 0.310 e. The first-order valence-electron chi connectivity index (χ1n) is 8.20. The van der Waals surface area contributed by atoms with Gasteiger partial charge in [0.05, 0.1) is 0 Å². The summed E-state index contributed by atoms with van der Waals surface area (Å²) in [4.78, 5) is 4.81. The zero-order chi connectivity index (χ0) is 14.7. The molecular weight excluding hydrogens is 265 g/mol. The van der Waals surface area contributed by atoms with E-state index in [0.29, 0.717) is 6.04 Å². The molecule has 3 nitrogen and oxygen atoms in total. The minimum Gasteiger partial charge on any atom is -0.310 e. The standard InChI is InChI=1S/C17H26FN3/c1-2-20-7-9-21(10-8-20)13-15-11-14(3-6-17(15)18)12-19-16-4-5-16/h3,6,11,16,19H,2,4-5,7-10,12-13H2,1H3. The highest BCUT2D eigenvalue weighted by Gasteiger charge is 2.20. The summed E-state index contributed by atoms with van der Waals surface area (Å²) in [5.41, 5.74) is 2.04. The Balaban J connectivity index is 1.57. The quantitative estimate of drug-likeness (QED) is 0.867. The molecule has 1 aliphatic carbocycles. The first-order chi connectivity index (χ1) is 10.2. The van der Waals surface area contributed by atoms with Crippen LogP contribution in [0.25, 0.3) is 0 Å². The van der Waals surface area contributed by atoms with E-state index in [0.717, 1.165) is 51.4 Å². The summed E-state index contributed by atoms with van der Waals surface area (Å²) in [5.74, 6) is -0.0666. The maximum absolute atomic E-state index is 14.0. The molecule has 0 radical (unpaired) electrons. The van der Waals surface area contributed by atoms with Crippen molar-refractivity contribution in [3.8, 4) is 0 Å². The van der Waals surface area contributed by atoms with Gasteiger partial charge in [-0.3, -0.25) is 4.90 Å². The van der Waals surface area contributed by atoms with E-state index in [1.54, 1.807) is 6.07 Å². The Bertz CT molecular complexity index is 465. The molecule has 0 aromatic heterocycles. The lowest BCUT2D eigenvalue weighted by Crippen LogP contribution is -2.45. The van der Waals surface area contributed by atoms with E-state index in [-0.39, 0.29) is 5.82 Å². The third-order valence-corrected chi connectivity index (χ3v) is 4.59. The fraction of sp³-hybridized carbons (Fsp3) is 0.647. The molecule has 0 spiro atoms. The van der Waals surface area contributed by atoms with E-state index < -0.39 is 0 Å². The van der Waals surface area contributed by atoms with Crippen LogP contribution in [0.1, 0.15) is 30.9 Å². The number of hydrogen-bond acceptors (Lipinski definition) is 3. The zero-order valence-corrected chi connectivity index (χ0v) is 12.9.